The summed E-state index contributed by atoms with van der Waals surface area (Å²) in [5.74, 6) is 0.430. The minimum absolute atomic E-state index is 0.119. The van der Waals surface area contributed by atoms with Crippen LogP contribution in [-0.4, -0.2) is 39.6 Å². The van der Waals surface area contributed by atoms with Crippen LogP contribution in [0.3, 0.4) is 0 Å². The fraction of sp³-hybridized carbons (Fsp3) is 0.350. The topological polar surface area (TPSA) is 66.1 Å². The van der Waals surface area contributed by atoms with E-state index in [0.29, 0.717) is 21.1 Å². The van der Waals surface area contributed by atoms with E-state index >= 15 is 0 Å². The average Bonchev–Trinajstić information content (AvgIpc) is 3.12. The number of aromatic nitrogens is 2. The summed E-state index contributed by atoms with van der Waals surface area (Å²) in [5, 5.41) is 3.11. The van der Waals surface area contributed by atoms with Gasteiger partial charge < -0.3 is 9.88 Å². The summed E-state index contributed by atoms with van der Waals surface area (Å²) in [6.07, 6.45) is 3.35. The standard InChI is InChI=1S/C20H21N3O2S2/c1-13-5-7-14(8-6-13)15-11-26-19-17(15)18(25)21-20(22-19)27-12-16(24)23-9-3-2-4-10-23/h5-8,11H,2-4,9-10,12H2,1H3,(H,21,22,25). The van der Waals surface area contributed by atoms with Gasteiger partial charge in [-0.1, -0.05) is 41.6 Å². The van der Waals surface area contributed by atoms with E-state index in [4.69, 9.17) is 0 Å². The van der Waals surface area contributed by atoms with Crippen LogP contribution in [0.1, 0.15) is 24.8 Å². The second kappa shape index (κ2) is 7.86. The fourth-order valence-electron chi connectivity index (χ4n) is 3.31. The van der Waals surface area contributed by atoms with Crippen LogP contribution < -0.4 is 5.56 Å². The third-order valence-corrected chi connectivity index (χ3v) is 6.56. The number of H-pyrrole nitrogens is 1. The van der Waals surface area contributed by atoms with Gasteiger partial charge in [-0.2, -0.15) is 0 Å². The van der Waals surface area contributed by atoms with E-state index in [1.165, 1.54) is 35.1 Å². The van der Waals surface area contributed by atoms with Crippen LogP contribution in [0.4, 0.5) is 0 Å². The van der Waals surface area contributed by atoms with Gasteiger partial charge in [-0.15, -0.1) is 11.3 Å². The number of thiophene rings is 1. The highest BCUT2D eigenvalue weighted by Gasteiger charge is 2.18. The van der Waals surface area contributed by atoms with Crippen molar-refractivity contribution in [1.29, 1.82) is 0 Å². The van der Waals surface area contributed by atoms with Crippen LogP contribution in [0.5, 0.6) is 0 Å². The first-order chi connectivity index (χ1) is 13.1. The van der Waals surface area contributed by atoms with Crippen molar-refractivity contribution >= 4 is 39.2 Å². The van der Waals surface area contributed by atoms with Gasteiger partial charge in [-0.3, -0.25) is 9.59 Å². The molecule has 0 spiro atoms. The highest BCUT2D eigenvalue weighted by molar-refractivity contribution is 7.99. The number of carbonyl (C=O) groups excluding carboxylic acids is 1. The van der Waals surface area contributed by atoms with Gasteiger partial charge in [0.25, 0.3) is 5.56 Å². The number of benzene rings is 1. The smallest absolute Gasteiger partial charge is 0.260 e. The molecular weight excluding hydrogens is 378 g/mol. The van der Waals surface area contributed by atoms with E-state index in [2.05, 4.69) is 9.97 Å². The Morgan fingerprint density at radius 3 is 2.70 bits per heavy atom. The predicted molar refractivity (Wildman–Crippen MR) is 112 cm³/mol. The first-order valence-electron chi connectivity index (χ1n) is 9.11. The molecule has 1 amide bonds. The Labute approximate surface area is 165 Å². The molecule has 7 heteroatoms. The average molecular weight is 400 g/mol. The molecule has 2 aromatic heterocycles. The number of likely N-dealkylation sites (tertiary alicyclic amines) is 1. The highest BCUT2D eigenvalue weighted by atomic mass is 32.2. The van der Waals surface area contributed by atoms with Gasteiger partial charge in [0.05, 0.1) is 11.1 Å². The molecule has 1 aliphatic rings. The lowest BCUT2D eigenvalue weighted by Gasteiger charge is -2.26. The highest BCUT2D eigenvalue weighted by Crippen LogP contribution is 2.31. The lowest BCUT2D eigenvalue weighted by molar-refractivity contribution is -0.129. The maximum Gasteiger partial charge on any atom is 0.260 e. The largest absolute Gasteiger partial charge is 0.342 e. The molecule has 0 unspecified atom stereocenters. The zero-order valence-electron chi connectivity index (χ0n) is 15.2. The van der Waals surface area contributed by atoms with Crippen molar-refractivity contribution in [3.05, 3.63) is 45.6 Å². The number of aryl methyl sites for hydroxylation is 1. The summed E-state index contributed by atoms with van der Waals surface area (Å²) >= 11 is 2.77. The second-order valence-electron chi connectivity index (χ2n) is 6.80. The van der Waals surface area contributed by atoms with Gasteiger partial charge in [0.15, 0.2) is 5.16 Å². The minimum atomic E-state index is -0.148. The van der Waals surface area contributed by atoms with Crippen LogP contribution in [0.2, 0.25) is 0 Å². The van der Waals surface area contributed by atoms with Crippen molar-refractivity contribution in [3.8, 4) is 11.1 Å². The quantitative estimate of drug-likeness (QED) is 0.531. The Morgan fingerprint density at radius 1 is 1.22 bits per heavy atom. The Hall–Kier alpha value is -2.12. The van der Waals surface area contributed by atoms with Crippen LogP contribution in [0.15, 0.2) is 39.6 Å². The van der Waals surface area contributed by atoms with E-state index in [1.54, 1.807) is 0 Å². The molecule has 3 heterocycles. The SMILES string of the molecule is Cc1ccc(-c2csc3nc(SCC(=O)N4CCCCC4)[nH]c(=O)c23)cc1. The van der Waals surface area contributed by atoms with Crippen molar-refractivity contribution in [1.82, 2.24) is 14.9 Å². The lowest BCUT2D eigenvalue weighted by Crippen LogP contribution is -2.36. The second-order valence-corrected chi connectivity index (χ2v) is 8.62. The molecule has 1 aromatic carbocycles. The molecular formula is C20H21N3O2S2. The Kier molecular flexibility index (Phi) is 5.31. The molecule has 1 aliphatic heterocycles. The summed E-state index contributed by atoms with van der Waals surface area (Å²) in [6, 6.07) is 8.13. The number of piperidine rings is 1. The number of fused-ring (bicyclic) bond motifs is 1. The summed E-state index contributed by atoms with van der Waals surface area (Å²) in [7, 11) is 0. The molecule has 0 saturated carbocycles. The molecule has 27 heavy (non-hydrogen) atoms. The van der Waals surface area contributed by atoms with Gasteiger partial charge in [0.2, 0.25) is 5.91 Å². The molecule has 0 atom stereocenters. The molecule has 1 saturated heterocycles. The summed E-state index contributed by atoms with van der Waals surface area (Å²) < 4.78 is 0. The zero-order valence-corrected chi connectivity index (χ0v) is 16.8. The Balaban J connectivity index is 1.55. The molecule has 1 N–H and O–H groups in total. The number of hydrogen-bond donors (Lipinski definition) is 1. The van der Waals surface area contributed by atoms with Crippen molar-refractivity contribution in [2.24, 2.45) is 0 Å². The van der Waals surface area contributed by atoms with Crippen LogP contribution in [-0.2, 0) is 4.79 Å². The van der Waals surface area contributed by atoms with Crippen molar-refractivity contribution in [3.63, 3.8) is 0 Å². The van der Waals surface area contributed by atoms with Crippen LogP contribution >= 0.6 is 23.1 Å². The number of carbonyl (C=O) groups is 1. The number of hydrogen-bond acceptors (Lipinski definition) is 5. The van der Waals surface area contributed by atoms with Crippen LogP contribution in [0.25, 0.3) is 21.3 Å². The first kappa shape index (κ1) is 18.3. The predicted octanol–water partition coefficient (Wildman–Crippen LogP) is 4.06. The van der Waals surface area contributed by atoms with Crippen LogP contribution in [0, 0.1) is 6.92 Å². The number of aromatic amines is 1. The normalized spacial score (nSPS) is 14.6. The number of amides is 1. The number of nitrogens with zero attached hydrogens (tertiary/aromatic N) is 2. The summed E-state index contributed by atoms with van der Waals surface area (Å²) in [6.45, 7) is 3.72. The Morgan fingerprint density at radius 2 is 1.96 bits per heavy atom. The van der Waals surface area contributed by atoms with Gasteiger partial charge in [-0.05, 0) is 31.7 Å². The molecule has 3 aromatic rings. The van der Waals surface area contributed by atoms with E-state index in [-0.39, 0.29) is 11.5 Å². The van der Waals surface area contributed by atoms with Gasteiger partial charge in [0.1, 0.15) is 4.83 Å². The Bertz CT molecular complexity index is 1020. The third kappa shape index (κ3) is 3.94. The van der Waals surface area contributed by atoms with E-state index < -0.39 is 0 Å². The maximum atomic E-state index is 12.7. The third-order valence-electron chi connectivity index (χ3n) is 4.83. The minimum Gasteiger partial charge on any atom is -0.342 e. The van der Waals surface area contributed by atoms with Crippen molar-refractivity contribution in [2.75, 3.05) is 18.8 Å². The first-order valence-corrected chi connectivity index (χ1v) is 11.0. The molecule has 1 fully saturated rings. The zero-order chi connectivity index (χ0) is 18.8. The maximum absolute atomic E-state index is 12.7. The number of thioether (sulfide) groups is 1. The number of rotatable bonds is 4. The lowest BCUT2D eigenvalue weighted by atomic mass is 10.1. The fourth-order valence-corrected chi connectivity index (χ4v) is 5.08. The van der Waals surface area contributed by atoms with Crippen molar-refractivity contribution in [2.45, 2.75) is 31.3 Å². The monoisotopic (exact) mass is 399 g/mol. The number of nitrogens with one attached hydrogen (secondary N) is 1. The summed E-state index contributed by atoms with van der Waals surface area (Å²) in [5.41, 5.74) is 2.96. The molecule has 0 bridgehead atoms. The van der Waals surface area contributed by atoms with Gasteiger partial charge in [-0.25, -0.2) is 4.98 Å². The van der Waals surface area contributed by atoms with Gasteiger partial charge >= 0.3 is 0 Å². The van der Waals surface area contributed by atoms with E-state index in [9.17, 15) is 9.59 Å². The summed E-state index contributed by atoms with van der Waals surface area (Å²) in [4.78, 5) is 35.0. The molecule has 5 nitrogen and oxygen atoms in total. The van der Waals surface area contributed by atoms with E-state index in [1.807, 2.05) is 41.5 Å². The van der Waals surface area contributed by atoms with Gasteiger partial charge in [0, 0.05) is 24.0 Å². The van der Waals surface area contributed by atoms with Crippen molar-refractivity contribution < 1.29 is 4.79 Å². The van der Waals surface area contributed by atoms with E-state index in [0.717, 1.165) is 37.1 Å². The molecule has 0 radical (unpaired) electrons. The molecule has 140 valence electrons. The molecule has 0 aliphatic carbocycles. The molecule has 4 rings (SSSR count).